The molecule has 1 atom stereocenters. The molecule has 6 nitrogen and oxygen atoms in total. The average molecular weight is 339 g/mol. The fraction of sp³-hybridized carbons (Fsp3) is 0.812. The molecule has 2 heterocycles. The second-order valence-electron chi connectivity index (χ2n) is 6.21. The zero-order valence-electron chi connectivity index (χ0n) is 14.8. The Balaban J connectivity index is 1.93. The quantitative estimate of drug-likeness (QED) is 0.452. The Morgan fingerprint density at radius 3 is 3.00 bits per heavy atom. The molecular weight excluding hydrogens is 308 g/mol. The van der Waals surface area contributed by atoms with E-state index in [1.807, 2.05) is 11.8 Å². The molecule has 0 bridgehead atoms. The summed E-state index contributed by atoms with van der Waals surface area (Å²) in [6, 6.07) is 0.363. The molecule has 0 spiro atoms. The fourth-order valence-electron chi connectivity index (χ4n) is 2.60. The Morgan fingerprint density at radius 2 is 2.30 bits per heavy atom. The van der Waals surface area contributed by atoms with Crippen molar-refractivity contribution in [3.05, 3.63) is 11.6 Å². The first kappa shape index (κ1) is 18.1. The van der Waals surface area contributed by atoms with Crippen LogP contribution in [0.5, 0.6) is 0 Å². The molecule has 7 heteroatoms. The number of guanidine groups is 1. The van der Waals surface area contributed by atoms with Crippen LogP contribution in [0.1, 0.15) is 51.2 Å². The van der Waals surface area contributed by atoms with Crippen molar-refractivity contribution >= 4 is 17.7 Å². The molecule has 0 radical (unpaired) electrons. The van der Waals surface area contributed by atoms with Crippen LogP contribution in [0.2, 0.25) is 0 Å². The first-order chi connectivity index (χ1) is 11.1. The van der Waals surface area contributed by atoms with E-state index in [1.54, 1.807) is 0 Å². The van der Waals surface area contributed by atoms with E-state index in [-0.39, 0.29) is 0 Å². The first-order valence-electron chi connectivity index (χ1n) is 8.61. The van der Waals surface area contributed by atoms with Crippen LogP contribution >= 0.6 is 11.8 Å². The predicted octanol–water partition coefficient (Wildman–Crippen LogP) is 2.02. The third-order valence-corrected chi connectivity index (χ3v) is 4.55. The van der Waals surface area contributed by atoms with E-state index in [9.17, 15) is 0 Å². The van der Waals surface area contributed by atoms with Crippen molar-refractivity contribution in [3.8, 4) is 0 Å². The number of hydrogen-bond donors (Lipinski definition) is 2. The van der Waals surface area contributed by atoms with Crippen molar-refractivity contribution < 1.29 is 0 Å². The number of aromatic nitrogens is 3. The molecule has 1 aromatic rings. The molecule has 2 rings (SSSR count). The Kier molecular flexibility index (Phi) is 7.20. The average Bonchev–Trinajstić information content (AvgIpc) is 2.95. The normalized spacial score (nSPS) is 18.1. The molecule has 1 aliphatic rings. The number of nitrogens with one attached hydrogen (secondary N) is 2. The summed E-state index contributed by atoms with van der Waals surface area (Å²) in [5.74, 6) is 4.54. The van der Waals surface area contributed by atoms with Crippen LogP contribution in [-0.2, 0) is 13.0 Å². The van der Waals surface area contributed by atoms with Crippen LogP contribution in [0.25, 0.3) is 0 Å². The van der Waals surface area contributed by atoms with Gasteiger partial charge in [0.05, 0.1) is 6.54 Å². The van der Waals surface area contributed by atoms with Crippen LogP contribution < -0.4 is 10.6 Å². The van der Waals surface area contributed by atoms with Crippen molar-refractivity contribution in [2.24, 2.45) is 4.99 Å². The maximum atomic E-state index is 4.67. The van der Waals surface area contributed by atoms with Gasteiger partial charge in [-0.3, -0.25) is 4.99 Å². The predicted molar refractivity (Wildman–Crippen MR) is 98.3 cm³/mol. The van der Waals surface area contributed by atoms with Crippen molar-refractivity contribution in [1.82, 2.24) is 25.4 Å². The molecule has 23 heavy (non-hydrogen) atoms. The van der Waals surface area contributed by atoms with Gasteiger partial charge in [-0.1, -0.05) is 13.8 Å². The topological polar surface area (TPSA) is 67.1 Å². The Hall–Kier alpha value is -1.24. The highest BCUT2D eigenvalue weighted by molar-refractivity contribution is 7.98. The minimum Gasteiger partial charge on any atom is -0.357 e. The summed E-state index contributed by atoms with van der Waals surface area (Å²) in [5.41, 5.74) is 0. The monoisotopic (exact) mass is 338 g/mol. The smallest absolute Gasteiger partial charge is 0.191 e. The summed E-state index contributed by atoms with van der Waals surface area (Å²) in [6.45, 7) is 9.00. The molecule has 0 aliphatic carbocycles. The van der Waals surface area contributed by atoms with E-state index >= 15 is 0 Å². The van der Waals surface area contributed by atoms with Gasteiger partial charge in [0.1, 0.15) is 5.82 Å². The van der Waals surface area contributed by atoms with Gasteiger partial charge in [0.25, 0.3) is 0 Å². The van der Waals surface area contributed by atoms with Crippen LogP contribution in [0.3, 0.4) is 0 Å². The first-order valence-corrected chi connectivity index (χ1v) is 10.0. The van der Waals surface area contributed by atoms with Gasteiger partial charge < -0.3 is 10.6 Å². The van der Waals surface area contributed by atoms with Crippen molar-refractivity contribution in [2.45, 2.75) is 58.5 Å². The van der Waals surface area contributed by atoms with E-state index in [0.717, 1.165) is 62.3 Å². The molecule has 0 aromatic carbocycles. The molecule has 130 valence electrons. The number of nitrogens with zero attached hydrogens (tertiary/aromatic N) is 4. The summed E-state index contributed by atoms with van der Waals surface area (Å²) < 4.78 is 2.06. The third-order valence-electron chi connectivity index (χ3n) is 3.85. The molecule has 1 unspecified atom stereocenters. The molecule has 0 saturated carbocycles. The zero-order valence-corrected chi connectivity index (χ0v) is 15.6. The second-order valence-corrected chi connectivity index (χ2v) is 7.20. The second kappa shape index (κ2) is 9.15. The molecule has 2 N–H and O–H groups in total. The van der Waals surface area contributed by atoms with Gasteiger partial charge in [-0.2, -0.15) is 16.9 Å². The van der Waals surface area contributed by atoms with Crippen LogP contribution in [0.15, 0.2) is 4.99 Å². The van der Waals surface area contributed by atoms with Crippen LogP contribution in [0.4, 0.5) is 0 Å². The highest BCUT2D eigenvalue weighted by Gasteiger charge is 2.23. The van der Waals surface area contributed by atoms with E-state index in [0.29, 0.717) is 12.0 Å². The van der Waals surface area contributed by atoms with Crippen LogP contribution in [-0.4, -0.2) is 51.9 Å². The van der Waals surface area contributed by atoms with E-state index in [4.69, 9.17) is 0 Å². The largest absolute Gasteiger partial charge is 0.357 e. The van der Waals surface area contributed by atoms with E-state index in [1.165, 1.54) is 0 Å². The zero-order chi connectivity index (χ0) is 16.7. The highest BCUT2D eigenvalue weighted by Crippen LogP contribution is 2.16. The van der Waals surface area contributed by atoms with E-state index < -0.39 is 0 Å². The van der Waals surface area contributed by atoms with Gasteiger partial charge >= 0.3 is 0 Å². The number of rotatable bonds is 7. The Morgan fingerprint density at radius 1 is 1.48 bits per heavy atom. The Bertz CT molecular complexity index is 511. The van der Waals surface area contributed by atoms with Gasteiger partial charge in [0.15, 0.2) is 11.8 Å². The minimum absolute atomic E-state index is 0.363. The maximum Gasteiger partial charge on any atom is 0.191 e. The number of aryl methyl sites for hydroxylation is 1. The van der Waals surface area contributed by atoms with Crippen molar-refractivity contribution in [1.29, 1.82) is 0 Å². The molecule has 1 aromatic heterocycles. The maximum absolute atomic E-state index is 4.67. The lowest BCUT2D eigenvalue weighted by molar-refractivity contribution is 0.391. The SMILES string of the molecule is CCNC(=NCCCSC)NC1CCc2nc(C(C)C)nn2C1. The van der Waals surface area contributed by atoms with E-state index in [2.05, 4.69) is 57.4 Å². The molecule has 1 aliphatic heterocycles. The van der Waals surface area contributed by atoms with Crippen molar-refractivity contribution in [2.75, 3.05) is 25.1 Å². The standard InChI is InChI=1S/C16H30N6S/c1-5-17-16(18-9-6-10-23-4)19-13-7-8-14-20-15(12(2)3)21-22(14)11-13/h12-13H,5-11H2,1-4H3,(H2,17,18,19). The summed E-state index contributed by atoms with van der Waals surface area (Å²) in [7, 11) is 0. The van der Waals surface area contributed by atoms with Gasteiger partial charge in [0, 0.05) is 31.5 Å². The number of hydrogen-bond acceptors (Lipinski definition) is 4. The van der Waals surface area contributed by atoms with Gasteiger partial charge in [-0.05, 0) is 31.8 Å². The summed E-state index contributed by atoms with van der Waals surface area (Å²) in [6.07, 6.45) is 5.30. The number of thioether (sulfide) groups is 1. The summed E-state index contributed by atoms with van der Waals surface area (Å²) in [4.78, 5) is 9.32. The lowest BCUT2D eigenvalue weighted by Crippen LogP contribution is -2.47. The summed E-state index contributed by atoms with van der Waals surface area (Å²) >= 11 is 1.87. The lowest BCUT2D eigenvalue weighted by atomic mass is 10.1. The molecule has 0 fully saturated rings. The Labute approximate surface area is 143 Å². The molecular formula is C16H30N6S. The fourth-order valence-corrected chi connectivity index (χ4v) is 3.02. The number of fused-ring (bicyclic) bond motifs is 1. The van der Waals surface area contributed by atoms with Crippen LogP contribution in [0, 0.1) is 0 Å². The third kappa shape index (κ3) is 5.41. The molecule has 0 amide bonds. The van der Waals surface area contributed by atoms with Gasteiger partial charge in [-0.15, -0.1) is 0 Å². The van der Waals surface area contributed by atoms with Gasteiger partial charge in [-0.25, -0.2) is 9.67 Å². The number of aliphatic imine (C=N–C) groups is 1. The molecule has 0 saturated heterocycles. The summed E-state index contributed by atoms with van der Waals surface area (Å²) in [5, 5.41) is 11.5. The van der Waals surface area contributed by atoms with Crippen molar-refractivity contribution in [3.63, 3.8) is 0 Å². The highest BCUT2D eigenvalue weighted by atomic mass is 32.2. The van der Waals surface area contributed by atoms with Gasteiger partial charge in [0.2, 0.25) is 0 Å². The lowest BCUT2D eigenvalue weighted by Gasteiger charge is -2.25. The minimum atomic E-state index is 0.363.